The Bertz CT molecular complexity index is 875. The number of anilines is 1. The van der Waals surface area contributed by atoms with E-state index in [9.17, 15) is 13.2 Å². The number of aromatic nitrogens is 2. The topological polar surface area (TPSA) is 44.0 Å². The van der Waals surface area contributed by atoms with Crippen LogP contribution >= 0.6 is 0 Å². The van der Waals surface area contributed by atoms with E-state index in [1.165, 1.54) is 11.8 Å². The van der Waals surface area contributed by atoms with Crippen molar-refractivity contribution in [2.45, 2.75) is 32.5 Å². The Morgan fingerprint density at radius 2 is 2.00 bits per heavy atom. The molecule has 150 valence electrons. The first-order chi connectivity index (χ1) is 13.5. The molecule has 3 rings (SSSR count). The number of alkyl halides is 3. The molecule has 2 heterocycles. The lowest BCUT2D eigenvalue weighted by atomic mass is 10.1. The number of halogens is 3. The molecule has 0 atom stereocenters. The second-order valence-corrected chi connectivity index (χ2v) is 6.84. The normalized spacial score (nSPS) is 12.0. The van der Waals surface area contributed by atoms with Gasteiger partial charge < -0.3 is 10.3 Å². The lowest BCUT2D eigenvalue weighted by Gasteiger charge is -2.21. The highest BCUT2D eigenvalue weighted by Gasteiger charge is 2.30. The monoisotopic (exact) mass is 390 g/mol. The molecule has 0 bridgehead atoms. The Kier molecular flexibility index (Phi) is 6.57. The summed E-state index contributed by atoms with van der Waals surface area (Å²) >= 11 is 0. The minimum absolute atomic E-state index is 0.346. The van der Waals surface area contributed by atoms with Crippen LogP contribution in [0.2, 0.25) is 0 Å². The maximum atomic E-state index is 12.9. The van der Waals surface area contributed by atoms with E-state index >= 15 is 0 Å². The molecule has 28 heavy (non-hydrogen) atoms. The maximum absolute atomic E-state index is 12.9. The number of fused-ring (bicyclic) bond motifs is 1. The number of pyridine rings is 1. The van der Waals surface area contributed by atoms with Gasteiger partial charge in [0.2, 0.25) is 0 Å². The number of H-pyrrole nitrogens is 1. The van der Waals surface area contributed by atoms with Crippen molar-refractivity contribution in [3.8, 4) is 0 Å². The van der Waals surface area contributed by atoms with Crippen LogP contribution in [0.5, 0.6) is 0 Å². The van der Waals surface area contributed by atoms with E-state index < -0.39 is 11.7 Å². The van der Waals surface area contributed by atoms with Crippen molar-refractivity contribution in [3.05, 3.63) is 60.0 Å². The van der Waals surface area contributed by atoms with E-state index in [1.807, 2.05) is 12.3 Å². The molecule has 0 aliphatic carbocycles. The van der Waals surface area contributed by atoms with Gasteiger partial charge in [0.15, 0.2) is 0 Å². The van der Waals surface area contributed by atoms with Crippen molar-refractivity contribution in [2.75, 3.05) is 25.0 Å². The predicted molar refractivity (Wildman–Crippen MR) is 106 cm³/mol. The van der Waals surface area contributed by atoms with E-state index in [0.29, 0.717) is 10.9 Å². The van der Waals surface area contributed by atoms with Gasteiger partial charge in [-0.3, -0.25) is 9.88 Å². The summed E-state index contributed by atoms with van der Waals surface area (Å²) in [6.07, 6.45) is 1.14. The minimum Gasteiger partial charge on any atom is -0.384 e. The highest BCUT2D eigenvalue weighted by molar-refractivity contribution is 5.91. The fourth-order valence-electron chi connectivity index (χ4n) is 3.30. The summed E-state index contributed by atoms with van der Waals surface area (Å²) in [6.45, 7) is 5.76. The predicted octanol–water partition coefficient (Wildman–Crippen LogP) is 5.30. The molecule has 0 saturated heterocycles. The third-order valence-corrected chi connectivity index (χ3v) is 4.63. The molecular formula is C21H25F3N4. The van der Waals surface area contributed by atoms with Gasteiger partial charge in [0, 0.05) is 48.8 Å². The van der Waals surface area contributed by atoms with Crippen molar-refractivity contribution in [3.63, 3.8) is 0 Å². The molecule has 0 aliphatic heterocycles. The van der Waals surface area contributed by atoms with Crippen LogP contribution in [0, 0.1) is 0 Å². The molecule has 0 fully saturated rings. The van der Waals surface area contributed by atoms with Crippen LogP contribution in [-0.4, -0.2) is 34.5 Å². The van der Waals surface area contributed by atoms with Crippen LogP contribution < -0.4 is 5.32 Å². The van der Waals surface area contributed by atoms with Crippen molar-refractivity contribution in [1.29, 1.82) is 0 Å². The quantitative estimate of drug-likeness (QED) is 0.488. The van der Waals surface area contributed by atoms with E-state index in [0.717, 1.165) is 56.8 Å². The number of nitrogens with one attached hydrogen (secondary N) is 2. The zero-order valence-corrected chi connectivity index (χ0v) is 15.9. The van der Waals surface area contributed by atoms with Gasteiger partial charge in [-0.05, 0) is 49.7 Å². The summed E-state index contributed by atoms with van der Waals surface area (Å²) < 4.78 is 38.7. The summed E-state index contributed by atoms with van der Waals surface area (Å²) in [5, 5.41) is 4.05. The van der Waals surface area contributed by atoms with Gasteiger partial charge >= 0.3 is 6.18 Å². The number of rotatable bonds is 9. The number of aromatic amines is 1. The first-order valence-corrected chi connectivity index (χ1v) is 9.52. The third-order valence-electron chi connectivity index (χ3n) is 4.63. The van der Waals surface area contributed by atoms with Crippen molar-refractivity contribution >= 4 is 16.6 Å². The highest BCUT2D eigenvalue weighted by atomic mass is 19.4. The Morgan fingerprint density at radius 1 is 1.14 bits per heavy atom. The third kappa shape index (κ3) is 5.25. The second-order valence-electron chi connectivity index (χ2n) is 6.84. The van der Waals surface area contributed by atoms with Gasteiger partial charge in [-0.1, -0.05) is 13.0 Å². The molecule has 2 N–H and O–H groups in total. The molecule has 0 spiro atoms. The number of nitrogens with zero attached hydrogens (tertiary/aromatic N) is 2. The molecule has 2 aromatic heterocycles. The Hall–Kier alpha value is -2.54. The Balaban J connectivity index is 1.58. The Labute approximate surface area is 162 Å². The van der Waals surface area contributed by atoms with Crippen LogP contribution in [0.1, 0.15) is 31.0 Å². The van der Waals surface area contributed by atoms with Gasteiger partial charge in [0.1, 0.15) is 0 Å². The van der Waals surface area contributed by atoms with E-state index in [-0.39, 0.29) is 0 Å². The summed E-state index contributed by atoms with van der Waals surface area (Å²) in [5.41, 5.74) is 1.68. The van der Waals surface area contributed by atoms with Gasteiger partial charge in [-0.15, -0.1) is 0 Å². The van der Waals surface area contributed by atoms with Gasteiger partial charge in [-0.25, -0.2) is 0 Å². The second kappa shape index (κ2) is 9.10. The zero-order chi connectivity index (χ0) is 20.0. The molecule has 7 heteroatoms. The summed E-state index contributed by atoms with van der Waals surface area (Å²) in [7, 11) is 0. The van der Waals surface area contributed by atoms with Gasteiger partial charge in [0.05, 0.1) is 11.1 Å². The fourth-order valence-corrected chi connectivity index (χ4v) is 3.30. The molecule has 0 aliphatic rings. The molecule has 0 radical (unpaired) electrons. The maximum Gasteiger partial charge on any atom is 0.416 e. The van der Waals surface area contributed by atoms with Crippen LogP contribution in [0.4, 0.5) is 18.9 Å². The van der Waals surface area contributed by atoms with Crippen LogP contribution in [0.3, 0.4) is 0 Å². The minimum atomic E-state index is -4.36. The average molecular weight is 390 g/mol. The van der Waals surface area contributed by atoms with Crippen molar-refractivity contribution in [2.24, 2.45) is 0 Å². The molecule has 3 aromatic rings. The number of benzene rings is 1. The molecule has 0 unspecified atom stereocenters. The lowest BCUT2D eigenvalue weighted by Crippen LogP contribution is -2.26. The standard InChI is InChI=1S/C21H25F3N4/c1-2-12-28(15-17-5-3-9-25-17)13-4-10-26-19-8-11-27-20-14-16(21(22,23)24)6-7-18(19)20/h3,5-9,11,14,25H,2,4,10,12-13,15H2,1H3,(H,26,27). The number of hydrogen-bond donors (Lipinski definition) is 2. The van der Waals surface area contributed by atoms with E-state index in [1.54, 1.807) is 12.3 Å². The van der Waals surface area contributed by atoms with Crippen molar-refractivity contribution in [1.82, 2.24) is 14.9 Å². The zero-order valence-electron chi connectivity index (χ0n) is 15.9. The van der Waals surface area contributed by atoms with Crippen LogP contribution in [0.15, 0.2) is 48.8 Å². The van der Waals surface area contributed by atoms with E-state index in [4.69, 9.17) is 0 Å². The lowest BCUT2D eigenvalue weighted by molar-refractivity contribution is -0.137. The smallest absolute Gasteiger partial charge is 0.384 e. The average Bonchev–Trinajstić information content (AvgIpc) is 3.17. The van der Waals surface area contributed by atoms with Crippen LogP contribution in [0.25, 0.3) is 10.9 Å². The van der Waals surface area contributed by atoms with Crippen LogP contribution in [-0.2, 0) is 12.7 Å². The van der Waals surface area contributed by atoms with Crippen molar-refractivity contribution < 1.29 is 13.2 Å². The first-order valence-electron chi connectivity index (χ1n) is 9.52. The molecular weight excluding hydrogens is 365 g/mol. The summed E-state index contributed by atoms with van der Waals surface area (Å²) in [4.78, 5) is 9.72. The van der Waals surface area contributed by atoms with Gasteiger partial charge in [0.25, 0.3) is 0 Å². The number of hydrogen-bond acceptors (Lipinski definition) is 3. The summed E-state index contributed by atoms with van der Waals surface area (Å²) in [6, 6.07) is 9.58. The SMILES string of the molecule is CCCN(CCCNc1ccnc2cc(C(F)(F)F)ccc12)Cc1ccc[nH]1. The molecule has 0 saturated carbocycles. The van der Waals surface area contributed by atoms with Gasteiger partial charge in [-0.2, -0.15) is 13.2 Å². The Morgan fingerprint density at radius 3 is 2.71 bits per heavy atom. The molecule has 0 amide bonds. The molecule has 4 nitrogen and oxygen atoms in total. The first kappa shape index (κ1) is 20.2. The largest absolute Gasteiger partial charge is 0.416 e. The fraction of sp³-hybridized carbons (Fsp3) is 0.381. The molecule has 1 aromatic carbocycles. The highest BCUT2D eigenvalue weighted by Crippen LogP contribution is 2.32. The summed E-state index contributed by atoms with van der Waals surface area (Å²) in [5.74, 6) is 0. The van der Waals surface area contributed by atoms with E-state index in [2.05, 4.69) is 33.2 Å².